The van der Waals surface area contributed by atoms with E-state index in [1.807, 2.05) is 12.1 Å². The molecule has 0 aromatic heterocycles. The SMILES string of the molecule is Clc1ccc(OCCCCNc2ccc(Cl)c(Cl)c2)c(Cl)c1. The first-order chi connectivity index (χ1) is 10.6. The lowest BCUT2D eigenvalue weighted by Gasteiger charge is -2.09. The van der Waals surface area contributed by atoms with Gasteiger partial charge in [0.2, 0.25) is 0 Å². The monoisotopic (exact) mass is 377 g/mol. The van der Waals surface area contributed by atoms with Crippen LogP contribution in [-0.2, 0) is 0 Å². The van der Waals surface area contributed by atoms with Crippen LogP contribution in [0.1, 0.15) is 12.8 Å². The van der Waals surface area contributed by atoms with Crippen molar-refractivity contribution in [2.45, 2.75) is 12.8 Å². The fraction of sp³-hybridized carbons (Fsp3) is 0.250. The third kappa shape index (κ3) is 5.44. The largest absolute Gasteiger partial charge is 0.492 e. The molecule has 0 aliphatic carbocycles. The first-order valence-electron chi connectivity index (χ1n) is 6.83. The maximum atomic E-state index is 6.03. The van der Waals surface area contributed by atoms with Gasteiger partial charge in [0.15, 0.2) is 0 Å². The Morgan fingerprint density at radius 2 is 1.64 bits per heavy atom. The first-order valence-corrected chi connectivity index (χ1v) is 8.34. The third-order valence-electron chi connectivity index (χ3n) is 2.97. The molecule has 2 aromatic rings. The van der Waals surface area contributed by atoms with Crippen LogP contribution in [0.15, 0.2) is 36.4 Å². The molecular formula is C16H15Cl4NO. The van der Waals surface area contributed by atoms with Crippen molar-refractivity contribution in [1.29, 1.82) is 0 Å². The second-order valence-electron chi connectivity index (χ2n) is 4.69. The Morgan fingerprint density at radius 3 is 2.36 bits per heavy atom. The van der Waals surface area contributed by atoms with Crippen molar-refractivity contribution >= 4 is 52.1 Å². The number of nitrogens with one attached hydrogen (secondary N) is 1. The molecule has 1 N–H and O–H groups in total. The summed E-state index contributed by atoms with van der Waals surface area (Å²) in [6, 6.07) is 10.7. The lowest BCUT2D eigenvalue weighted by molar-refractivity contribution is 0.308. The Kier molecular flexibility index (Phi) is 6.97. The van der Waals surface area contributed by atoms with Crippen LogP contribution in [0, 0.1) is 0 Å². The van der Waals surface area contributed by atoms with E-state index in [0.717, 1.165) is 25.1 Å². The van der Waals surface area contributed by atoms with Crippen molar-refractivity contribution in [3.63, 3.8) is 0 Å². The van der Waals surface area contributed by atoms with Gasteiger partial charge in [-0.3, -0.25) is 0 Å². The van der Waals surface area contributed by atoms with Crippen LogP contribution >= 0.6 is 46.4 Å². The normalized spacial score (nSPS) is 10.5. The molecule has 0 heterocycles. The van der Waals surface area contributed by atoms with E-state index in [1.54, 1.807) is 24.3 Å². The third-order valence-corrected chi connectivity index (χ3v) is 4.24. The van der Waals surface area contributed by atoms with E-state index in [-0.39, 0.29) is 0 Å². The highest BCUT2D eigenvalue weighted by Gasteiger charge is 2.02. The second kappa shape index (κ2) is 8.73. The van der Waals surface area contributed by atoms with E-state index in [9.17, 15) is 0 Å². The standard InChI is InChI=1S/C16H15Cl4NO/c17-11-3-6-16(15(20)9-11)22-8-2-1-7-21-12-4-5-13(18)14(19)10-12/h3-6,9-10,21H,1-2,7-8H2. The molecule has 0 saturated heterocycles. The molecule has 0 bridgehead atoms. The molecule has 118 valence electrons. The molecule has 0 atom stereocenters. The molecule has 0 spiro atoms. The van der Waals surface area contributed by atoms with Gasteiger partial charge in [0.25, 0.3) is 0 Å². The summed E-state index contributed by atoms with van der Waals surface area (Å²) in [5.74, 6) is 0.656. The molecule has 0 saturated carbocycles. The molecule has 0 unspecified atom stereocenters. The first kappa shape index (κ1) is 17.6. The summed E-state index contributed by atoms with van der Waals surface area (Å²) in [4.78, 5) is 0. The molecule has 0 aliphatic rings. The number of ether oxygens (including phenoxy) is 1. The molecular weight excluding hydrogens is 364 g/mol. The van der Waals surface area contributed by atoms with Gasteiger partial charge >= 0.3 is 0 Å². The highest BCUT2D eigenvalue weighted by Crippen LogP contribution is 2.27. The van der Waals surface area contributed by atoms with Gasteiger partial charge in [-0.15, -0.1) is 0 Å². The Morgan fingerprint density at radius 1 is 0.818 bits per heavy atom. The van der Waals surface area contributed by atoms with Crippen LogP contribution in [0.3, 0.4) is 0 Å². The maximum absolute atomic E-state index is 6.03. The number of hydrogen-bond donors (Lipinski definition) is 1. The van der Waals surface area contributed by atoms with Gasteiger partial charge in [0, 0.05) is 17.3 Å². The molecule has 6 heteroatoms. The predicted octanol–water partition coefficient (Wildman–Crippen LogP) is 6.57. The van der Waals surface area contributed by atoms with Crippen LogP contribution in [-0.4, -0.2) is 13.2 Å². The summed E-state index contributed by atoms with van der Waals surface area (Å²) in [6.45, 7) is 1.43. The van der Waals surface area contributed by atoms with Crippen molar-refractivity contribution in [3.05, 3.63) is 56.5 Å². The van der Waals surface area contributed by atoms with Crippen molar-refractivity contribution in [2.75, 3.05) is 18.5 Å². The van der Waals surface area contributed by atoms with Crippen molar-refractivity contribution in [1.82, 2.24) is 0 Å². The van der Waals surface area contributed by atoms with Crippen molar-refractivity contribution in [3.8, 4) is 5.75 Å². The zero-order chi connectivity index (χ0) is 15.9. The molecule has 0 aliphatic heterocycles. The van der Waals surface area contributed by atoms with Crippen molar-refractivity contribution < 1.29 is 4.74 Å². The summed E-state index contributed by atoms with van der Waals surface area (Å²) in [5.41, 5.74) is 0.955. The molecule has 2 rings (SSSR count). The van der Waals surface area contributed by atoms with E-state index < -0.39 is 0 Å². The summed E-state index contributed by atoms with van der Waals surface area (Å²) in [7, 11) is 0. The summed E-state index contributed by atoms with van der Waals surface area (Å²) in [5, 5.41) is 5.52. The van der Waals surface area contributed by atoms with Crippen LogP contribution in [0.25, 0.3) is 0 Å². The van der Waals surface area contributed by atoms with E-state index in [2.05, 4.69) is 5.32 Å². The minimum Gasteiger partial charge on any atom is -0.492 e. The molecule has 0 fully saturated rings. The van der Waals surface area contributed by atoms with E-state index in [4.69, 9.17) is 51.1 Å². The molecule has 22 heavy (non-hydrogen) atoms. The lowest BCUT2D eigenvalue weighted by Crippen LogP contribution is -2.05. The predicted molar refractivity (Wildman–Crippen MR) is 96.1 cm³/mol. The quantitative estimate of drug-likeness (QED) is 0.550. The molecule has 2 aromatic carbocycles. The number of hydrogen-bond acceptors (Lipinski definition) is 2. The fourth-order valence-corrected chi connectivity index (χ4v) is 2.60. The average molecular weight is 379 g/mol. The second-order valence-corrected chi connectivity index (χ2v) is 6.34. The van der Waals surface area contributed by atoms with Gasteiger partial charge in [-0.05, 0) is 49.2 Å². The zero-order valence-corrected chi connectivity index (χ0v) is 14.7. The van der Waals surface area contributed by atoms with Gasteiger partial charge in [-0.2, -0.15) is 0 Å². The van der Waals surface area contributed by atoms with Gasteiger partial charge in [0.05, 0.1) is 21.7 Å². The van der Waals surface area contributed by atoms with E-state index in [0.29, 0.717) is 32.4 Å². The zero-order valence-electron chi connectivity index (χ0n) is 11.7. The maximum Gasteiger partial charge on any atom is 0.137 e. The van der Waals surface area contributed by atoms with E-state index >= 15 is 0 Å². The molecule has 0 radical (unpaired) electrons. The van der Waals surface area contributed by atoms with Crippen LogP contribution in [0.4, 0.5) is 5.69 Å². The number of halogens is 4. The van der Waals surface area contributed by atoms with Crippen molar-refractivity contribution in [2.24, 2.45) is 0 Å². The van der Waals surface area contributed by atoms with Crippen LogP contribution < -0.4 is 10.1 Å². The minimum atomic E-state index is 0.529. The van der Waals surface area contributed by atoms with Gasteiger partial charge < -0.3 is 10.1 Å². The Hall–Kier alpha value is -0.800. The Bertz CT molecular complexity index is 634. The topological polar surface area (TPSA) is 21.3 Å². The van der Waals surface area contributed by atoms with Gasteiger partial charge in [-0.25, -0.2) is 0 Å². The number of rotatable bonds is 7. The number of anilines is 1. The average Bonchev–Trinajstić information content (AvgIpc) is 2.48. The minimum absolute atomic E-state index is 0.529. The van der Waals surface area contributed by atoms with Crippen LogP contribution in [0.5, 0.6) is 5.75 Å². The highest BCUT2D eigenvalue weighted by atomic mass is 35.5. The Labute approximate surface area is 150 Å². The molecule has 2 nitrogen and oxygen atoms in total. The lowest BCUT2D eigenvalue weighted by atomic mass is 10.3. The van der Waals surface area contributed by atoms with Gasteiger partial charge in [0.1, 0.15) is 5.75 Å². The summed E-state index contributed by atoms with van der Waals surface area (Å²) in [6.07, 6.45) is 1.87. The number of unbranched alkanes of at least 4 members (excludes halogenated alkanes) is 1. The molecule has 0 amide bonds. The smallest absolute Gasteiger partial charge is 0.137 e. The van der Waals surface area contributed by atoms with Crippen LogP contribution in [0.2, 0.25) is 20.1 Å². The number of benzene rings is 2. The Balaban J connectivity index is 1.66. The fourth-order valence-electron chi connectivity index (χ4n) is 1.84. The summed E-state index contributed by atoms with van der Waals surface area (Å²) < 4.78 is 5.62. The summed E-state index contributed by atoms with van der Waals surface area (Å²) >= 11 is 23.7. The van der Waals surface area contributed by atoms with E-state index in [1.165, 1.54) is 0 Å². The van der Waals surface area contributed by atoms with Gasteiger partial charge in [-0.1, -0.05) is 46.4 Å². The highest BCUT2D eigenvalue weighted by molar-refractivity contribution is 6.42.